The van der Waals surface area contributed by atoms with E-state index in [9.17, 15) is 73.8 Å². The van der Waals surface area contributed by atoms with E-state index in [-0.39, 0.29) is 62.7 Å². The Morgan fingerprint density at radius 1 is 0.724 bits per heavy atom. The molecule has 0 spiro atoms. The Labute approximate surface area is 438 Å². The van der Waals surface area contributed by atoms with E-state index >= 15 is 0 Å². The number of aliphatic hydroxyl groups is 1. The van der Waals surface area contributed by atoms with Crippen molar-refractivity contribution in [3.8, 4) is 16.9 Å². The Morgan fingerprint density at radius 3 is 1.91 bits per heavy atom. The zero-order chi connectivity index (χ0) is 56.7. The van der Waals surface area contributed by atoms with Crippen LogP contribution in [0, 0.1) is 5.92 Å². The Kier molecular flexibility index (Phi) is 29.7. The molecule has 0 saturated carbocycles. The SMILES string of the molecule is CCC(C)[C@H](NC(=O)CNC(=O)c1cc(-c2ccccc2)ccc1OC[C@@H](CN(CCN(CC(=O)O)CC(=O)O)CC(=O)O)N(COCO)CC(=O)O)C(=O)N[C@@H](CCCN=C(N)N)C(=O)N[C@@H](CCCCN)C(=O)O. The lowest BCUT2D eigenvalue weighted by molar-refractivity contribution is -0.145. The number of guanidine groups is 1. The molecule has 0 radical (unpaired) electrons. The number of unbranched alkanes of at least 4 members (excludes halogenated alkanes) is 1. The fourth-order valence-electron chi connectivity index (χ4n) is 7.56. The average Bonchev–Trinajstić information content (AvgIpc) is 3.36. The van der Waals surface area contributed by atoms with E-state index in [0.29, 0.717) is 36.9 Å². The predicted molar refractivity (Wildman–Crippen MR) is 272 cm³/mol. The highest BCUT2D eigenvalue weighted by atomic mass is 16.6. The lowest BCUT2D eigenvalue weighted by Crippen LogP contribution is -2.57. The molecule has 28 heteroatoms. The first-order chi connectivity index (χ1) is 36.1. The van der Waals surface area contributed by atoms with E-state index in [2.05, 4.69) is 26.3 Å². The molecule has 5 atom stereocenters. The van der Waals surface area contributed by atoms with Crippen molar-refractivity contribution in [2.45, 2.75) is 76.5 Å². The third-order valence-corrected chi connectivity index (χ3v) is 11.6. The van der Waals surface area contributed by atoms with Crippen LogP contribution in [0.4, 0.5) is 0 Å². The predicted octanol–water partition coefficient (Wildman–Crippen LogP) is -2.23. The van der Waals surface area contributed by atoms with E-state index in [1.54, 1.807) is 50.2 Å². The van der Waals surface area contributed by atoms with Gasteiger partial charge < -0.3 is 78.6 Å². The number of ether oxygens (including phenoxy) is 2. The van der Waals surface area contributed by atoms with Gasteiger partial charge in [-0.25, -0.2) is 4.79 Å². The second-order valence-electron chi connectivity index (χ2n) is 17.6. The second kappa shape index (κ2) is 34.9. The number of nitrogens with one attached hydrogen (secondary N) is 4. The molecule has 76 heavy (non-hydrogen) atoms. The third kappa shape index (κ3) is 25.2. The molecule has 0 saturated heterocycles. The number of aliphatic carboxylic acids is 5. The summed E-state index contributed by atoms with van der Waals surface area (Å²) in [4.78, 5) is 122. The van der Waals surface area contributed by atoms with Gasteiger partial charge in [0.25, 0.3) is 5.91 Å². The largest absolute Gasteiger partial charge is 0.491 e. The molecular weight excluding hydrogens is 1000 g/mol. The topological polar surface area (TPSA) is 442 Å². The van der Waals surface area contributed by atoms with Crippen molar-refractivity contribution < 1.29 is 83.3 Å². The lowest BCUT2D eigenvalue weighted by atomic mass is 9.97. The summed E-state index contributed by atoms with van der Waals surface area (Å²) >= 11 is 0. The van der Waals surface area contributed by atoms with Crippen molar-refractivity contribution in [1.82, 2.24) is 36.0 Å². The van der Waals surface area contributed by atoms with Crippen LogP contribution >= 0.6 is 0 Å². The fraction of sp³-hybridized carbons (Fsp3) is 0.542. The molecule has 0 aromatic heterocycles. The summed E-state index contributed by atoms with van der Waals surface area (Å²) < 4.78 is 11.3. The number of hydrogen-bond donors (Lipinski definition) is 13. The van der Waals surface area contributed by atoms with Gasteiger partial charge in [0.1, 0.15) is 44.0 Å². The van der Waals surface area contributed by atoms with Crippen molar-refractivity contribution in [2.24, 2.45) is 28.1 Å². The van der Waals surface area contributed by atoms with Crippen molar-refractivity contribution in [3.05, 3.63) is 54.1 Å². The van der Waals surface area contributed by atoms with Crippen LogP contribution in [0.5, 0.6) is 5.75 Å². The second-order valence-corrected chi connectivity index (χ2v) is 17.6. The van der Waals surface area contributed by atoms with Gasteiger partial charge in [-0.1, -0.05) is 56.7 Å². The number of carboxylic acids is 5. The molecular formula is C48H73N11O17. The molecule has 4 amide bonds. The first-order valence-electron chi connectivity index (χ1n) is 24.3. The van der Waals surface area contributed by atoms with Crippen LogP contribution in [0.1, 0.15) is 62.7 Å². The number of benzene rings is 2. The van der Waals surface area contributed by atoms with Crippen molar-refractivity contribution >= 4 is 59.4 Å². The molecule has 0 bridgehead atoms. The van der Waals surface area contributed by atoms with Gasteiger partial charge in [-0.2, -0.15) is 0 Å². The maximum atomic E-state index is 14.2. The van der Waals surface area contributed by atoms with Gasteiger partial charge in [0, 0.05) is 26.2 Å². The molecule has 1 unspecified atom stereocenters. The smallest absolute Gasteiger partial charge is 0.326 e. The fourth-order valence-corrected chi connectivity index (χ4v) is 7.56. The van der Waals surface area contributed by atoms with Crippen LogP contribution in [0.25, 0.3) is 11.1 Å². The molecule has 0 heterocycles. The van der Waals surface area contributed by atoms with Gasteiger partial charge in [0.2, 0.25) is 17.7 Å². The zero-order valence-electron chi connectivity index (χ0n) is 42.6. The molecule has 2 aromatic rings. The number of carbonyl (C=O) groups is 9. The Hall–Kier alpha value is -7.50. The van der Waals surface area contributed by atoms with Crippen LogP contribution in [-0.2, 0) is 43.1 Å². The lowest BCUT2D eigenvalue weighted by Gasteiger charge is -2.34. The number of aliphatic imine (C=N–C) groups is 1. The first-order valence-corrected chi connectivity index (χ1v) is 24.3. The maximum Gasteiger partial charge on any atom is 0.326 e. The van der Waals surface area contributed by atoms with E-state index in [4.69, 9.17) is 26.7 Å². The molecule has 28 nitrogen and oxygen atoms in total. The van der Waals surface area contributed by atoms with E-state index in [0.717, 1.165) is 4.90 Å². The molecule has 0 aliphatic heterocycles. The first kappa shape index (κ1) is 64.6. The van der Waals surface area contributed by atoms with Crippen LogP contribution in [0.2, 0.25) is 0 Å². The van der Waals surface area contributed by atoms with Gasteiger partial charge in [0.15, 0.2) is 5.96 Å². The Morgan fingerprint density at radius 2 is 1.33 bits per heavy atom. The number of amides is 4. The number of hydrogen-bond acceptors (Lipinski definition) is 17. The van der Waals surface area contributed by atoms with Gasteiger partial charge in [-0.3, -0.25) is 58.0 Å². The van der Waals surface area contributed by atoms with Crippen LogP contribution in [-0.4, -0.2) is 215 Å². The van der Waals surface area contributed by atoms with Crippen molar-refractivity contribution in [2.75, 3.05) is 85.6 Å². The molecule has 2 aromatic carbocycles. The summed E-state index contributed by atoms with van der Waals surface area (Å²) in [6, 6.07) is 8.42. The van der Waals surface area contributed by atoms with Gasteiger partial charge in [-0.05, 0) is 67.8 Å². The summed E-state index contributed by atoms with van der Waals surface area (Å²) in [6.07, 6.45) is 1.53. The highest BCUT2D eigenvalue weighted by Crippen LogP contribution is 2.27. The molecule has 0 aliphatic rings. The number of rotatable bonds is 40. The summed E-state index contributed by atoms with van der Waals surface area (Å²) in [5.41, 5.74) is 17.5. The summed E-state index contributed by atoms with van der Waals surface area (Å²) in [6.45, 7) is -2.23. The molecule has 16 N–H and O–H groups in total. The highest BCUT2D eigenvalue weighted by molar-refractivity contribution is 6.00. The minimum absolute atomic E-state index is 0.0233. The molecule has 2 rings (SSSR count). The summed E-state index contributed by atoms with van der Waals surface area (Å²) in [5.74, 6) is -10.8. The van der Waals surface area contributed by atoms with Crippen LogP contribution in [0.3, 0.4) is 0 Å². The molecule has 0 aliphatic carbocycles. The molecule has 0 fully saturated rings. The quantitative estimate of drug-likeness (QED) is 0.0145. The molecule has 422 valence electrons. The zero-order valence-corrected chi connectivity index (χ0v) is 42.6. The minimum atomic E-state index is -1.35. The normalized spacial score (nSPS) is 13.1. The highest BCUT2D eigenvalue weighted by Gasteiger charge is 2.32. The number of nitrogens with zero attached hydrogens (tertiary/aromatic N) is 4. The minimum Gasteiger partial charge on any atom is -0.491 e. The third-order valence-electron chi connectivity index (χ3n) is 11.6. The number of carboxylic acid groups (broad SMARTS) is 5. The number of aliphatic hydroxyl groups excluding tert-OH is 1. The Balaban J connectivity index is 2.49. The number of nitrogens with two attached hydrogens (primary N) is 3. The summed E-state index contributed by atoms with van der Waals surface area (Å²) in [5, 5.41) is 67.8. The Bertz CT molecular complexity index is 2240. The summed E-state index contributed by atoms with van der Waals surface area (Å²) in [7, 11) is 0. The van der Waals surface area contributed by atoms with Gasteiger partial charge in [-0.15, -0.1) is 0 Å². The van der Waals surface area contributed by atoms with E-state index < -0.39 is 136 Å². The van der Waals surface area contributed by atoms with Crippen molar-refractivity contribution in [3.63, 3.8) is 0 Å². The average molecular weight is 1080 g/mol. The maximum absolute atomic E-state index is 14.2. The number of carbonyl (C=O) groups excluding carboxylic acids is 4. The standard InChI is InChI=1S/C48H73N11O17/c1-3-30(2)43(46(72)54-35(13-9-17-52-48(50)51)45(71)55-36(47(73)74)12-7-8-16-49)56-38(61)21-53-44(70)34-20-32(31-10-5-4-6-11-31)14-15-37(34)76-27-33(59(26-42(68)69)28-75-29-60)22-57(23-39(62)63)18-19-58(24-40(64)65)25-41(66)67/h4-6,10-11,14-15,20,30,33,35-36,43,60H,3,7-9,12-13,16-19,21-29,49H2,1-2H3,(H,53,70)(H,54,72)(H,55,71)(H,56,61)(H,62,63)(H,64,65)(H,66,67)(H,68,69)(H,73,74)(H4,50,51,52)/t30?,33-,35+,36+,43+/m1/s1. The van der Waals surface area contributed by atoms with Crippen LogP contribution < -0.4 is 43.2 Å². The van der Waals surface area contributed by atoms with Gasteiger partial charge >= 0.3 is 29.8 Å². The van der Waals surface area contributed by atoms with Crippen molar-refractivity contribution in [1.29, 1.82) is 0 Å². The van der Waals surface area contributed by atoms with Crippen LogP contribution in [0.15, 0.2) is 53.5 Å². The van der Waals surface area contributed by atoms with E-state index in [1.807, 2.05) is 0 Å². The van der Waals surface area contributed by atoms with E-state index in [1.165, 1.54) is 21.9 Å². The monoisotopic (exact) mass is 1080 g/mol. The van der Waals surface area contributed by atoms with Gasteiger partial charge in [0.05, 0.1) is 44.3 Å².